The highest BCUT2D eigenvalue weighted by Crippen LogP contribution is 1.46. The topological polar surface area (TPSA) is 58.8 Å². The zero-order valence-corrected chi connectivity index (χ0v) is 3.00. The van der Waals surface area contributed by atoms with E-state index in [0.29, 0.717) is 0 Å². The van der Waals surface area contributed by atoms with Gasteiger partial charge in [0.25, 0.3) is 0 Å². The molecule has 4 heavy (non-hydrogen) atoms. The maximum absolute atomic E-state index is 7.18. The van der Waals surface area contributed by atoms with E-state index in [1.807, 2.05) is 0 Å². The van der Waals surface area contributed by atoms with Crippen LogP contribution in [-0.2, 0) is 0 Å². The molecule has 0 unspecified atom stereocenters. The summed E-state index contributed by atoms with van der Waals surface area (Å²) < 4.78 is 0. The average Bonchev–Trinajstić information content (AvgIpc) is 0.918. The number of hydrogen-bond acceptors (Lipinski definition) is 3. The van der Waals surface area contributed by atoms with Crippen molar-refractivity contribution in [3.8, 4) is 5.40 Å². The van der Waals surface area contributed by atoms with Crippen LogP contribution >= 0.6 is 12.6 Å². The van der Waals surface area contributed by atoms with Crippen LogP contribution in [0.5, 0.6) is 0 Å². The Morgan fingerprint density at radius 3 is 2.00 bits per heavy atom. The molecule has 0 bridgehead atoms. The van der Waals surface area contributed by atoms with Crippen LogP contribution in [0.2, 0.25) is 0 Å². The predicted molar refractivity (Wildman–Crippen MR) is 20.7 cm³/mol. The van der Waals surface area contributed by atoms with E-state index in [4.69, 9.17) is 5.26 Å². The lowest BCUT2D eigenvalue weighted by molar-refractivity contribution is 1.57. The van der Waals surface area contributed by atoms with Gasteiger partial charge in [0.05, 0.1) is 0 Å². The molecule has 0 rings (SSSR count). The van der Waals surface area contributed by atoms with Gasteiger partial charge in [-0.1, -0.05) is 12.6 Å². The maximum atomic E-state index is 7.18. The quantitative estimate of drug-likeness (QED) is 0.330. The summed E-state index contributed by atoms with van der Waals surface area (Å²) in [6.07, 6.45) is 0. The molecule has 3 N–H and O–H groups in total. The molecule has 0 amide bonds. The number of thiol groups is 1. The third-order valence-electron chi connectivity index (χ3n) is 0. The van der Waals surface area contributed by atoms with E-state index in [9.17, 15) is 0 Å². The highest BCUT2D eigenvalue weighted by molar-refractivity contribution is 7.85. The van der Waals surface area contributed by atoms with Crippen LogP contribution in [0.4, 0.5) is 0 Å². The minimum atomic E-state index is 0. The second kappa shape index (κ2) is 14.2. The third-order valence-corrected chi connectivity index (χ3v) is 0. The standard InChI is InChI=1S/CHNS.H3N/c2-1-3;/h3H;1H3/p+1. The first kappa shape index (κ1) is 9.20. The molecule has 24 valence electrons. The molecule has 0 aromatic rings. The summed E-state index contributed by atoms with van der Waals surface area (Å²) in [5, 5.41) is 8.63. The zero-order chi connectivity index (χ0) is 2.71. The van der Waals surface area contributed by atoms with Crippen LogP contribution in [0.15, 0.2) is 0 Å². The maximum Gasteiger partial charge on any atom is 1.00 e. The molecule has 0 aromatic carbocycles. The fraction of sp³-hybridized carbons (Fsp3) is 0. The summed E-state index contributed by atoms with van der Waals surface area (Å²) in [6, 6.07) is 0. The fourth-order valence-corrected chi connectivity index (χ4v) is 0. The predicted octanol–water partition coefficient (Wildman–Crippen LogP) is 0.672. The lowest BCUT2D eigenvalue weighted by Gasteiger charge is -1.14. The van der Waals surface area contributed by atoms with Gasteiger partial charge in [-0.25, -0.2) is 0 Å². The Hall–Kier alpha value is -0.200. The number of thiocyanates is 1. The zero-order valence-electron chi connectivity index (χ0n) is 3.10. The van der Waals surface area contributed by atoms with Gasteiger partial charge in [-0.05, 0) is 0 Å². The summed E-state index contributed by atoms with van der Waals surface area (Å²) in [5.41, 5.74) is 0. The van der Waals surface area contributed by atoms with Crippen LogP contribution in [0.3, 0.4) is 0 Å². The summed E-state index contributed by atoms with van der Waals surface area (Å²) in [7, 11) is 0. The number of nitrogens with zero attached hydrogens (tertiary/aromatic N) is 1. The molecule has 3 heteroatoms. The first-order valence-electron chi connectivity index (χ1n) is 0.447. The highest BCUT2D eigenvalue weighted by atomic mass is 32.1. The largest absolute Gasteiger partial charge is 1.00 e. The van der Waals surface area contributed by atoms with E-state index in [1.165, 1.54) is 5.40 Å². The molecule has 0 aliphatic carbocycles. The van der Waals surface area contributed by atoms with Crippen molar-refractivity contribution in [3.63, 3.8) is 0 Å². The van der Waals surface area contributed by atoms with Crippen molar-refractivity contribution in [2.24, 2.45) is 0 Å². The van der Waals surface area contributed by atoms with Gasteiger partial charge >= 0.3 is 1.43 Å². The van der Waals surface area contributed by atoms with Crippen LogP contribution in [0, 0.1) is 10.7 Å². The first-order chi connectivity index (χ1) is 1.41. The minimum absolute atomic E-state index is 0. The monoisotopic (exact) mass is 77.0 g/mol. The van der Waals surface area contributed by atoms with Crippen LogP contribution in [-0.4, -0.2) is 0 Å². The molecule has 0 aromatic heterocycles. The Morgan fingerprint density at radius 1 is 2.00 bits per heavy atom. The second-order valence-electron chi connectivity index (χ2n) is 0.100. The summed E-state index contributed by atoms with van der Waals surface area (Å²) >= 11 is 3.09. The third kappa shape index (κ3) is 28.8. The van der Waals surface area contributed by atoms with E-state index < -0.39 is 0 Å². The van der Waals surface area contributed by atoms with Crippen molar-refractivity contribution in [1.29, 1.82) is 5.26 Å². The van der Waals surface area contributed by atoms with Crippen molar-refractivity contribution < 1.29 is 1.43 Å². The lowest BCUT2D eigenvalue weighted by atomic mass is 11.8. The fourth-order valence-electron chi connectivity index (χ4n) is 0. The number of nitriles is 1. The van der Waals surface area contributed by atoms with Gasteiger partial charge in [0, 0.05) is 0 Å². The van der Waals surface area contributed by atoms with Gasteiger partial charge in [-0.3, -0.25) is 0 Å². The molecule has 0 heterocycles. The van der Waals surface area contributed by atoms with Crippen molar-refractivity contribution in [1.82, 2.24) is 6.15 Å². The Balaban J connectivity index is -0.0000000200. The van der Waals surface area contributed by atoms with E-state index >= 15 is 0 Å². The van der Waals surface area contributed by atoms with Crippen molar-refractivity contribution in [2.45, 2.75) is 0 Å². The molecular formula is CH5N2S+. The average molecular weight is 77.1 g/mol. The molecule has 0 atom stereocenters. The summed E-state index contributed by atoms with van der Waals surface area (Å²) in [6.45, 7) is 0. The normalized spacial score (nSPS) is 2.00. The van der Waals surface area contributed by atoms with Gasteiger partial charge in [0.1, 0.15) is 5.40 Å². The Kier molecular flexibility index (Phi) is 32.6. The molecule has 0 fully saturated rings. The molecule has 0 aliphatic rings. The molecular weight excluding hydrogens is 72.1 g/mol. The van der Waals surface area contributed by atoms with E-state index in [2.05, 4.69) is 12.6 Å². The van der Waals surface area contributed by atoms with Gasteiger partial charge in [-0.2, -0.15) is 5.26 Å². The molecule has 0 saturated carbocycles. The highest BCUT2D eigenvalue weighted by Gasteiger charge is 1.18. The first-order valence-corrected chi connectivity index (χ1v) is 0.894. The molecule has 0 spiro atoms. The lowest BCUT2D eigenvalue weighted by Crippen LogP contribution is -0.961. The Morgan fingerprint density at radius 2 is 2.00 bits per heavy atom. The Labute approximate surface area is 31.9 Å². The molecule has 0 saturated heterocycles. The van der Waals surface area contributed by atoms with Gasteiger partial charge in [-0.15, -0.1) is 0 Å². The Bertz CT molecular complexity index is 31.1. The van der Waals surface area contributed by atoms with Crippen LogP contribution in [0.1, 0.15) is 1.43 Å². The van der Waals surface area contributed by atoms with Crippen LogP contribution < -0.4 is 6.15 Å². The number of hydrogen-bond donors (Lipinski definition) is 2. The van der Waals surface area contributed by atoms with Crippen molar-refractivity contribution >= 4 is 12.6 Å². The van der Waals surface area contributed by atoms with Crippen molar-refractivity contribution in [2.75, 3.05) is 0 Å². The van der Waals surface area contributed by atoms with Gasteiger partial charge in [0.2, 0.25) is 0 Å². The van der Waals surface area contributed by atoms with E-state index in [-0.39, 0.29) is 7.58 Å². The minimum Gasteiger partial charge on any atom is -0.344 e. The van der Waals surface area contributed by atoms with Gasteiger partial charge in [0.15, 0.2) is 0 Å². The smallest absolute Gasteiger partial charge is 0.344 e. The SMILES string of the molecule is N.N#CS.[H+]. The van der Waals surface area contributed by atoms with Gasteiger partial charge < -0.3 is 6.15 Å². The van der Waals surface area contributed by atoms with E-state index in [0.717, 1.165) is 0 Å². The molecule has 0 radical (unpaired) electrons. The van der Waals surface area contributed by atoms with E-state index in [1.54, 1.807) is 0 Å². The summed E-state index contributed by atoms with van der Waals surface area (Å²) in [5.74, 6) is 0. The molecule has 2 nitrogen and oxygen atoms in total. The second-order valence-corrected chi connectivity index (χ2v) is 0.300. The number of rotatable bonds is 0. The summed E-state index contributed by atoms with van der Waals surface area (Å²) in [4.78, 5) is 0. The van der Waals surface area contributed by atoms with Crippen LogP contribution in [0.25, 0.3) is 0 Å². The van der Waals surface area contributed by atoms with Crippen molar-refractivity contribution in [3.05, 3.63) is 0 Å². The molecule has 0 aliphatic heterocycles.